The molecule has 0 rings (SSSR count). The van der Waals surface area contributed by atoms with E-state index in [1.54, 1.807) is 0 Å². The maximum absolute atomic E-state index is 11.3. The SMILES string of the molecule is NC(N)=NCCC[C@H](N)C(=O)OC(=O)/C=C\C(=O)O. The van der Waals surface area contributed by atoms with Gasteiger partial charge in [0.25, 0.3) is 0 Å². The van der Waals surface area contributed by atoms with E-state index in [4.69, 9.17) is 22.3 Å². The van der Waals surface area contributed by atoms with Gasteiger partial charge in [-0.25, -0.2) is 14.4 Å². The lowest BCUT2D eigenvalue weighted by molar-refractivity contribution is -0.157. The van der Waals surface area contributed by atoms with Gasteiger partial charge >= 0.3 is 17.9 Å². The predicted molar refractivity (Wildman–Crippen MR) is 65.8 cm³/mol. The normalized spacial score (nSPS) is 11.8. The summed E-state index contributed by atoms with van der Waals surface area (Å²) in [5, 5.41) is 8.26. The van der Waals surface area contributed by atoms with Crippen molar-refractivity contribution in [1.29, 1.82) is 0 Å². The van der Waals surface area contributed by atoms with Gasteiger partial charge in [0.2, 0.25) is 0 Å². The average Bonchev–Trinajstić information content (AvgIpc) is 2.31. The van der Waals surface area contributed by atoms with Gasteiger partial charge in [0, 0.05) is 18.7 Å². The molecule has 19 heavy (non-hydrogen) atoms. The zero-order valence-electron chi connectivity index (χ0n) is 10.1. The summed E-state index contributed by atoms with van der Waals surface area (Å²) in [5.41, 5.74) is 15.7. The molecule has 0 aromatic rings. The molecule has 0 amide bonds. The highest BCUT2D eigenvalue weighted by Crippen LogP contribution is 1.98. The summed E-state index contributed by atoms with van der Waals surface area (Å²) in [7, 11) is 0. The van der Waals surface area contributed by atoms with Crippen molar-refractivity contribution in [2.45, 2.75) is 18.9 Å². The van der Waals surface area contributed by atoms with E-state index in [-0.39, 0.29) is 12.4 Å². The van der Waals surface area contributed by atoms with Crippen LogP contribution in [0.15, 0.2) is 17.1 Å². The van der Waals surface area contributed by atoms with Gasteiger partial charge in [-0.15, -0.1) is 0 Å². The number of nitrogens with zero attached hydrogens (tertiary/aromatic N) is 1. The van der Waals surface area contributed by atoms with Crippen LogP contribution in [-0.4, -0.2) is 41.6 Å². The maximum Gasteiger partial charge on any atom is 0.338 e. The van der Waals surface area contributed by atoms with E-state index in [1.807, 2.05) is 0 Å². The molecule has 0 radical (unpaired) electrons. The highest BCUT2D eigenvalue weighted by molar-refractivity contribution is 5.97. The van der Waals surface area contributed by atoms with Crippen LogP contribution in [0.1, 0.15) is 12.8 Å². The quantitative estimate of drug-likeness (QED) is 0.104. The first-order chi connectivity index (χ1) is 8.82. The summed E-state index contributed by atoms with van der Waals surface area (Å²) in [4.78, 5) is 36.1. The van der Waals surface area contributed by atoms with Gasteiger partial charge in [-0.1, -0.05) is 0 Å². The van der Waals surface area contributed by atoms with Crippen molar-refractivity contribution in [3.8, 4) is 0 Å². The number of guanidine groups is 1. The van der Waals surface area contributed by atoms with Crippen LogP contribution in [0.4, 0.5) is 0 Å². The number of carboxylic acid groups (broad SMARTS) is 1. The molecule has 0 fully saturated rings. The third kappa shape index (κ3) is 9.30. The van der Waals surface area contributed by atoms with E-state index in [0.717, 1.165) is 0 Å². The van der Waals surface area contributed by atoms with Gasteiger partial charge in [0.05, 0.1) is 0 Å². The van der Waals surface area contributed by atoms with Gasteiger partial charge in [-0.2, -0.15) is 0 Å². The second-order valence-corrected chi connectivity index (χ2v) is 3.47. The molecule has 0 bridgehead atoms. The molecule has 0 aliphatic carbocycles. The van der Waals surface area contributed by atoms with Crippen LogP contribution in [-0.2, 0) is 19.1 Å². The molecular formula is C10H16N4O5. The molecule has 7 N–H and O–H groups in total. The summed E-state index contributed by atoms with van der Waals surface area (Å²) in [6.45, 7) is 0.302. The highest BCUT2D eigenvalue weighted by atomic mass is 16.6. The Kier molecular flexibility index (Phi) is 7.54. The van der Waals surface area contributed by atoms with Crippen LogP contribution in [0.3, 0.4) is 0 Å². The van der Waals surface area contributed by atoms with E-state index in [9.17, 15) is 14.4 Å². The first kappa shape index (κ1) is 16.6. The number of hydrogen-bond acceptors (Lipinski definition) is 6. The van der Waals surface area contributed by atoms with E-state index in [0.29, 0.717) is 25.1 Å². The number of hydrogen-bond donors (Lipinski definition) is 4. The zero-order valence-corrected chi connectivity index (χ0v) is 10.1. The molecule has 0 aliphatic heterocycles. The molecule has 0 heterocycles. The van der Waals surface area contributed by atoms with Crippen LogP contribution in [0, 0.1) is 0 Å². The Bertz CT molecular complexity index is 401. The van der Waals surface area contributed by atoms with E-state index < -0.39 is 23.9 Å². The van der Waals surface area contributed by atoms with Crippen LogP contribution in [0.25, 0.3) is 0 Å². The molecule has 0 unspecified atom stereocenters. The van der Waals surface area contributed by atoms with Crippen molar-refractivity contribution in [3.05, 3.63) is 12.2 Å². The topological polar surface area (TPSA) is 171 Å². The Morgan fingerprint density at radius 1 is 1.26 bits per heavy atom. The standard InChI is InChI=1S/C10H16N4O5/c11-6(2-1-5-14-10(12)13)9(18)19-8(17)4-3-7(15)16/h3-4,6H,1-2,5,11H2,(H,15,16)(H4,12,13,14)/b4-3-/t6-/m0/s1. The number of carbonyl (C=O) groups excluding carboxylic acids is 2. The third-order valence-corrected chi connectivity index (χ3v) is 1.83. The van der Waals surface area contributed by atoms with Crippen molar-refractivity contribution in [1.82, 2.24) is 0 Å². The number of nitrogens with two attached hydrogens (primary N) is 3. The Morgan fingerprint density at radius 2 is 1.89 bits per heavy atom. The number of carboxylic acids is 1. The largest absolute Gasteiger partial charge is 0.478 e. The molecule has 0 spiro atoms. The van der Waals surface area contributed by atoms with Crippen molar-refractivity contribution in [3.63, 3.8) is 0 Å². The molecule has 0 saturated heterocycles. The lowest BCUT2D eigenvalue weighted by Crippen LogP contribution is -2.33. The van der Waals surface area contributed by atoms with Gasteiger partial charge in [-0.3, -0.25) is 4.99 Å². The summed E-state index contributed by atoms with van der Waals surface area (Å²) >= 11 is 0. The zero-order chi connectivity index (χ0) is 14.8. The van der Waals surface area contributed by atoms with E-state index in [1.165, 1.54) is 0 Å². The van der Waals surface area contributed by atoms with Crippen molar-refractivity contribution in [2.75, 3.05) is 6.54 Å². The fraction of sp³-hybridized carbons (Fsp3) is 0.400. The molecule has 0 aliphatic rings. The monoisotopic (exact) mass is 272 g/mol. The molecule has 1 atom stereocenters. The van der Waals surface area contributed by atoms with Crippen molar-refractivity contribution >= 4 is 23.9 Å². The fourth-order valence-electron chi connectivity index (χ4n) is 0.985. The minimum Gasteiger partial charge on any atom is -0.478 e. The molecule has 9 nitrogen and oxygen atoms in total. The third-order valence-electron chi connectivity index (χ3n) is 1.83. The summed E-state index contributed by atoms with van der Waals surface area (Å²) in [6.07, 6.45) is 1.84. The van der Waals surface area contributed by atoms with Crippen LogP contribution < -0.4 is 17.2 Å². The second kappa shape index (κ2) is 8.64. The Labute approximate surface area is 109 Å². The number of ether oxygens (including phenoxy) is 1. The van der Waals surface area contributed by atoms with Crippen molar-refractivity contribution in [2.24, 2.45) is 22.2 Å². The number of aliphatic imine (C=N–C) groups is 1. The number of esters is 2. The lowest BCUT2D eigenvalue weighted by atomic mass is 10.2. The van der Waals surface area contributed by atoms with Crippen LogP contribution in [0.2, 0.25) is 0 Å². The predicted octanol–water partition coefficient (Wildman–Crippen LogP) is -1.92. The number of rotatable bonds is 7. The molecule has 106 valence electrons. The molecule has 0 aromatic carbocycles. The summed E-state index contributed by atoms with van der Waals surface area (Å²) in [5.74, 6) is -3.42. The Morgan fingerprint density at radius 3 is 2.42 bits per heavy atom. The van der Waals surface area contributed by atoms with Crippen LogP contribution in [0.5, 0.6) is 0 Å². The van der Waals surface area contributed by atoms with Crippen LogP contribution >= 0.6 is 0 Å². The molecule has 9 heteroatoms. The maximum atomic E-state index is 11.3. The van der Waals surface area contributed by atoms with Gasteiger partial charge < -0.3 is 27.0 Å². The first-order valence-electron chi connectivity index (χ1n) is 5.30. The summed E-state index contributed by atoms with van der Waals surface area (Å²) in [6, 6.07) is -1.00. The van der Waals surface area contributed by atoms with Gasteiger partial charge in [-0.05, 0) is 12.8 Å². The first-order valence-corrected chi connectivity index (χ1v) is 5.30. The Balaban J connectivity index is 4.03. The minimum absolute atomic E-state index is 0.0647. The summed E-state index contributed by atoms with van der Waals surface area (Å²) < 4.78 is 4.30. The van der Waals surface area contributed by atoms with Gasteiger partial charge in [0.1, 0.15) is 6.04 Å². The fourth-order valence-corrected chi connectivity index (χ4v) is 0.985. The minimum atomic E-state index is -1.33. The Hall–Kier alpha value is -2.42. The van der Waals surface area contributed by atoms with E-state index in [2.05, 4.69) is 9.73 Å². The number of carbonyl (C=O) groups is 3. The van der Waals surface area contributed by atoms with E-state index >= 15 is 0 Å². The number of aliphatic carboxylic acids is 1. The van der Waals surface area contributed by atoms with Crippen molar-refractivity contribution < 1.29 is 24.2 Å². The highest BCUT2D eigenvalue weighted by Gasteiger charge is 2.17. The second-order valence-electron chi connectivity index (χ2n) is 3.47. The lowest BCUT2D eigenvalue weighted by Gasteiger charge is -2.08. The van der Waals surface area contributed by atoms with Gasteiger partial charge in [0.15, 0.2) is 5.96 Å². The molecular weight excluding hydrogens is 256 g/mol. The molecule has 0 aromatic heterocycles. The smallest absolute Gasteiger partial charge is 0.338 e. The molecule has 0 saturated carbocycles. The average molecular weight is 272 g/mol.